The highest BCUT2D eigenvalue weighted by Gasteiger charge is 2.03. The van der Waals surface area contributed by atoms with Gasteiger partial charge in [0.05, 0.1) is 0 Å². The fraction of sp³-hybridized carbons (Fsp3) is 0.429. The van der Waals surface area contributed by atoms with E-state index in [1.54, 1.807) is 0 Å². The Morgan fingerprint density at radius 3 is 2.57 bits per heavy atom. The molecule has 0 aromatic heterocycles. The Hall–Kier alpha value is -1.04. The molecule has 14 heavy (non-hydrogen) atoms. The summed E-state index contributed by atoms with van der Waals surface area (Å²) in [4.78, 5) is 0. The standard InChI is InChI=1S/C14H20/c1-5-7-13(6-2)14-10-11(3)8-9-12(14)4/h6,8-10H,5,7H2,1-4H3/b13-6-. The molecule has 1 rings (SSSR count). The average Bonchev–Trinajstić information content (AvgIpc) is 2.18. The van der Waals surface area contributed by atoms with Gasteiger partial charge < -0.3 is 0 Å². The van der Waals surface area contributed by atoms with E-state index in [1.807, 2.05) is 0 Å². The van der Waals surface area contributed by atoms with E-state index in [9.17, 15) is 0 Å². The van der Waals surface area contributed by atoms with E-state index in [1.165, 1.54) is 35.1 Å². The highest BCUT2D eigenvalue weighted by molar-refractivity contribution is 5.68. The Morgan fingerprint density at radius 1 is 1.29 bits per heavy atom. The third kappa shape index (κ3) is 2.47. The predicted octanol–water partition coefficient (Wildman–Crippen LogP) is 4.51. The second-order valence-corrected chi connectivity index (χ2v) is 3.88. The molecule has 0 spiro atoms. The second kappa shape index (κ2) is 4.99. The highest BCUT2D eigenvalue weighted by Crippen LogP contribution is 2.24. The molecular formula is C14H20. The molecule has 0 nitrogen and oxygen atoms in total. The van der Waals surface area contributed by atoms with E-state index in [-0.39, 0.29) is 0 Å². The van der Waals surface area contributed by atoms with Gasteiger partial charge in [-0.1, -0.05) is 43.2 Å². The van der Waals surface area contributed by atoms with Gasteiger partial charge in [0, 0.05) is 0 Å². The van der Waals surface area contributed by atoms with Crippen LogP contribution in [0.4, 0.5) is 0 Å². The summed E-state index contributed by atoms with van der Waals surface area (Å²) < 4.78 is 0. The van der Waals surface area contributed by atoms with E-state index < -0.39 is 0 Å². The van der Waals surface area contributed by atoms with Gasteiger partial charge in [0.15, 0.2) is 0 Å². The van der Waals surface area contributed by atoms with Crippen molar-refractivity contribution >= 4 is 5.57 Å². The van der Waals surface area contributed by atoms with Gasteiger partial charge in [0.2, 0.25) is 0 Å². The Labute approximate surface area is 87.7 Å². The summed E-state index contributed by atoms with van der Waals surface area (Å²) in [6.07, 6.45) is 4.64. The maximum absolute atomic E-state index is 2.29. The number of aryl methyl sites for hydroxylation is 2. The van der Waals surface area contributed by atoms with Crippen molar-refractivity contribution in [1.82, 2.24) is 0 Å². The minimum Gasteiger partial charge on any atom is -0.0838 e. The molecule has 0 fully saturated rings. The molecule has 0 aliphatic carbocycles. The molecule has 0 heterocycles. The fourth-order valence-corrected chi connectivity index (χ4v) is 1.79. The summed E-state index contributed by atoms with van der Waals surface area (Å²) in [5, 5.41) is 0. The van der Waals surface area contributed by atoms with Gasteiger partial charge in [0.1, 0.15) is 0 Å². The number of benzene rings is 1. The number of hydrogen-bond acceptors (Lipinski definition) is 0. The molecule has 0 saturated carbocycles. The van der Waals surface area contributed by atoms with Crippen LogP contribution in [-0.2, 0) is 0 Å². The third-order valence-electron chi connectivity index (χ3n) is 2.61. The van der Waals surface area contributed by atoms with Crippen LogP contribution < -0.4 is 0 Å². The van der Waals surface area contributed by atoms with Crippen molar-refractivity contribution in [2.24, 2.45) is 0 Å². The number of rotatable bonds is 3. The molecule has 0 heteroatoms. The Morgan fingerprint density at radius 2 is 2.00 bits per heavy atom. The van der Waals surface area contributed by atoms with Crippen molar-refractivity contribution in [3.8, 4) is 0 Å². The molecule has 0 N–H and O–H groups in total. The smallest absolute Gasteiger partial charge is 0.0196 e. The minimum absolute atomic E-state index is 1.18. The molecule has 1 aromatic carbocycles. The first-order valence-electron chi connectivity index (χ1n) is 5.41. The summed E-state index contributed by atoms with van der Waals surface area (Å²) >= 11 is 0. The first kappa shape index (κ1) is 11.0. The van der Waals surface area contributed by atoms with E-state index in [0.717, 1.165) is 0 Å². The topological polar surface area (TPSA) is 0 Å². The van der Waals surface area contributed by atoms with Crippen LogP contribution in [0, 0.1) is 13.8 Å². The van der Waals surface area contributed by atoms with Crippen LogP contribution in [0.25, 0.3) is 5.57 Å². The zero-order valence-electron chi connectivity index (χ0n) is 9.72. The Kier molecular flexibility index (Phi) is 3.94. The SMILES string of the molecule is C/C=C(/CCC)c1cc(C)ccc1C. The van der Waals surface area contributed by atoms with Crippen molar-refractivity contribution in [2.45, 2.75) is 40.5 Å². The lowest BCUT2D eigenvalue weighted by Crippen LogP contribution is -1.90. The first-order chi connectivity index (χ1) is 6.69. The maximum atomic E-state index is 2.29. The summed E-state index contributed by atoms with van der Waals surface area (Å²) in [6, 6.07) is 6.68. The summed E-state index contributed by atoms with van der Waals surface area (Å²) in [5.74, 6) is 0. The van der Waals surface area contributed by atoms with Gasteiger partial charge in [0.25, 0.3) is 0 Å². The first-order valence-corrected chi connectivity index (χ1v) is 5.41. The van der Waals surface area contributed by atoms with Crippen molar-refractivity contribution < 1.29 is 0 Å². The van der Waals surface area contributed by atoms with Crippen LogP contribution in [0.5, 0.6) is 0 Å². The molecule has 0 unspecified atom stereocenters. The van der Waals surface area contributed by atoms with E-state index >= 15 is 0 Å². The van der Waals surface area contributed by atoms with Crippen molar-refractivity contribution in [1.29, 1.82) is 0 Å². The van der Waals surface area contributed by atoms with Crippen LogP contribution in [0.3, 0.4) is 0 Å². The lowest BCUT2D eigenvalue weighted by Gasteiger charge is -2.10. The third-order valence-corrected chi connectivity index (χ3v) is 2.61. The molecule has 1 aromatic rings. The summed E-state index contributed by atoms with van der Waals surface area (Å²) in [5.41, 5.74) is 5.64. The predicted molar refractivity (Wildman–Crippen MR) is 64.5 cm³/mol. The van der Waals surface area contributed by atoms with Crippen molar-refractivity contribution in [3.05, 3.63) is 41.0 Å². The quantitative estimate of drug-likeness (QED) is 0.655. The largest absolute Gasteiger partial charge is 0.0838 e. The molecule has 76 valence electrons. The van der Waals surface area contributed by atoms with Crippen molar-refractivity contribution in [3.63, 3.8) is 0 Å². The molecule has 0 atom stereocenters. The monoisotopic (exact) mass is 188 g/mol. The lowest BCUT2D eigenvalue weighted by atomic mass is 9.95. The minimum atomic E-state index is 1.18. The Bertz CT molecular complexity index is 332. The van der Waals surface area contributed by atoms with Gasteiger partial charge in [-0.05, 0) is 43.9 Å². The molecule has 0 aliphatic heterocycles. The van der Waals surface area contributed by atoms with Crippen LogP contribution in [0.1, 0.15) is 43.4 Å². The van der Waals surface area contributed by atoms with Gasteiger partial charge >= 0.3 is 0 Å². The summed E-state index contributed by atoms with van der Waals surface area (Å²) in [7, 11) is 0. The van der Waals surface area contributed by atoms with E-state index in [0.29, 0.717) is 0 Å². The van der Waals surface area contributed by atoms with E-state index in [4.69, 9.17) is 0 Å². The van der Waals surface area contributed by atoms with Gasteiger partial charge in [-0.3, -0.25) is 0 Å². The fourth-order valence-electron chi connectivity index (χ4n) is 1.79. The van der Waals surface area contributed by atoms with Crippen LogP contribution in [0.15, 0.2) is 24.3 Å². The van der Waals surface area contributed by atoms with Gasteiger partial charge in [-0.2, -0.15) is 0 Å². The molecule has 0 aliphatic rings. The zero-order chi connectivity index (χ0) is 10.6. The number of hydrogen-bond donors (Lipinski definition) is 0. The molecule has 0 amide bonds. The van der Waals surface area contributed by atoms with Crippen LogP contribution in [0.2, 0.25) is 0 Å². The normalized spacial score (nSPS) is 11.9. The highest BCUT2D eigenvalue weighted by atomic mass is 14.1. The average molecular weight is 188 g/mol. The van der Waals surface area contributed by atoms with Gasteiger partial charge in [-0.15, -0.1) is 0 Å². The molecule has 0 bridgehead atoms. The van der Waals surface area contributed by atoms with Crippen LogP contribution >= 0.6 is 0 Å². The van der Waals surface area contributed by atoms with Crippen LogP contribution in [-0.4, -0.2) is 0 Å². The zero-order valence-corrected chi connectivity index (χ0v) is 9.72. The number of allylic oxidation sites excluding steroid dienone is 2. The van der Waals surface area contributed by atoms with Gasteiger partial charge in [-0.25, -0.2) is 0 Å². The van der Waals surface area contributed by atoms with E-state index in [2.05, 4.69) is 52.0 Å². The maximum Gasteiger partial charge on any atom is -0.0196 e. The molecule has 0 radical (unpaired) electrons. The second-order valence-electron chi connectivity index (χ2n) is 3.88. The lowest BCUT2D eigenvalue weighted by molar-refractivity contribution is 0.970. The van der Waals surface area contributed by atoms with Crippen molar-refractivity contribution in [2.75, 3.05) is 0 Å². The summed E-state index contributed by atoms with van der Waals surface area (Å²) in [6.45, 7) is 8.71. The Balaban J connectivity index is 3.09. The molecule has 0 saturated heterocycles. The molecular weight excluding hydrogens is 168 g/mol.